The Kier molecular flexibility index (Phi) is 7.76. The molecule has 0 bridgehead atoms. The molecule has 2 rings (SSSR count). The van der Waals surface area contributed by atoms with Gasteiger partial charge in [-0.1, -0.05) is 35.0 Å². The van der Waals surface area contributed by atoms with Gasteiger partial charge >= 0.3 is 0 Å². The summed E-state index contributed by atoms with van der Waals surface area (Å²) in [7, 11) is 3.10. The molecule has 0 unspecified atom stereocenters. The Bertz CT molecular complexity index is 748. The lowest BCUT2D eigenvalue weighted by Gasteiger charge is -2.09. The first-order chi connectivity index (χ1) is 12.6. The van der Waals surface area contributed by atoms with Gasteiger partial charge in [0.1, 0.15) is 0 Å². The maximum absolute atomic E-state index is 11.7. The molecule has 138 valence electrons. The fourth-order valence-electron chi connectivity index (χ4n) is 2.25. The van der Waals surface area contributed by atoms with Gasteiger partial charge in [-0.05, 0) is 36.2 Å². The van der Waals surface area contributed by atoms with Crippen LogP contribution in [-0.4, -0.2) is 39.5 Å². The highest BCUT2D eigenvalue weighted by Crippen LogP contribution is 2.29. The van der Waals surface area contributed by atoms with Gasteiger partial charge in [-0.15, -0.1) is 0 Å². The molecule has 0 heterocycles. The number of oxime groups is 1. The third-order valence-electron chi connectivity index (χ3n) is 3.54. The number of hydrogen-bond donors (Lipinski definition) is 1. The normalized spacial score (nSPS) is 10.6. The van der Waals surface area contributed by atoms with Crippen LogP contribution in [0.4, 0.5) is 0 Å². The fourth-order valence-corrected chi connectivity index (χ4v) is 2.38. The zero-order chi connectivity index (χ0) is 18.8. The molecular weight excluding hydrogens is 356 g/mol. The molecule has 2 aromatic rings. The van der Waals surface area contributed by atoms with Crippen molar-refractivity contribution in [1.29, 1.82) is 0 Å². The number of methoxy groups -OCH3 is 2. The van der Waals surface area contributed by atoms with Crippen LogP contribution in [0.2, 0.25) is 5.02 Å². The third kappa shape index (κ3) is 5.97. The number of carbonyl (C=O) groups excluding carboxylic acids is 1. The molecule has 2 aromatic carbocycles. The molecule has 0 aromatic heterocycles. The first kappa shape index (κ1) is 19.6. The lowest BCUT2D eigenvalue weighted by atomic mass is 10.1. The lowest BCUT2D eigenvalue weighted by Crippen LogP contribution is -2.28. The summed E-state index contributed by atoms with van der Waals surface area (Å²) in [6.07, 6.45) is 2.19. The number of nitrogens with one attached hydrogen (secondary N) is 1. The molecule has 26 heavy (non-hydrogen) atoms. The van der Waals surface area contributed by atoms with Gasteiger partial charge in [0, 0.05) is 17.1 Å². The monoisotopic (exact) mass is 376 g/mol. The molecule has 1 N–H and O–H groups in total. The number of benzene rings is 2. The molecule has 0 saturated carbocycles. The van der Waals surface area contributed by atoms with Crippen LogP contribution in [0.5, 0.6) is 11.5 Å². The molecule has 0 saturated heterocycles. The molecule has 0 spiro atoms. The van der Waals surface area contributed by atoms with Crippen LogP contribution in [0.1, 0.15) is 11.1 Å². The average Bonchev–Trinajstić information content (AvgIpc) is 2.66. The standard InChI is InChI=1S/C19H21ClN2O4/c1-24-17-5-3-4-15(19(17)25-2)12-22-26-13-18(23)21-11-10-14-6-8-16(20)9-7-14/h3-9,12H,10-11,13H2,1-2H3,(H,21,23)/b22-12-. The summed E-state index contributed by atoms with van der Waals surface area (Å²) in [5.74, 6) is 0.903. The minimum Gasteiger partial charge on any atom is -0.493 e. The first-order valence-electron chi connectivity index (χ1n) is 8.01. The SMILES string of the molecule is COc1cccc(/C=N\OCC(=O)NCCc2ccc(Cl)cc2)c1OC. The van der Waals surface area contributed by atoms with Gasteiger partial charge in [0.05, 0.1) is 20.4 Å². The van der Waals surface area contributed by atoms with Gasteiger partial charge in [0.15, 0.2) is 18.1 Å². The van der Waals surface area contributed by atoms with Gasteiger partial charge in [-0.2, -0.15) is 0 Å². The largest absolute Gasteiger partial charge is 0.493 e. The van der Waals surface area contributed by atoms with Crippen LogP contribution in [0.15, 0.2) is 47.6 Å². The maximum atomic E-state index is 11.7. The Balaban J connectivity index is 1.74. The van der Waals surface area contributed by atoms with Crippen LogP contribution in [-0.2, 0) is 16.1 Å². The van der Waals surface area contributed by atoms with E-state index >= 15 is 0 Å². The Labute approximate surface area is 157 Å². The lowest BCUT2D eigenvalue weighted by molar-refractivity contribution is -0.125. The van der Waals surface area contributed by atoms with Crippen LogP contribution >= 0.6 is 11.6 Å². The van der Waals surface area contributed by atoms with Crippen molar-refractivity contribution in [3.63, 3.8) is 0 Å². The number of nitrogens with zero attached hydrogens (tertiary/aromatic N) is 1. The second-order valence-electron chi connectivity index (χ2n) is 5.32. The van der Waals surface area contributed by atoms with Crippen molar-refractivity contribution in [3.8, 4) is 11.5 Å². The van der Waals surface area contributed by atoms with Gasteiger partial charge < -0.3 is 19.6 Å². The number of para-hydroxylation sites is 1. The highest BCUT2D eigenvalue weighted by atomic mass is 35.5. The highest BCUT2D eigenvalue weighted by Gasteiger charge is 2.07. The minimum absolute atomic E-state index is 0.163. The van der Waals surface area contributed by atoms with E-state index in [1.54, 1.807) is 26.4 Å². The van der Waals surface area contributed by atoms with Crippen molar-refractivity contribution >= 4 is 23.7 Å². The summed E-state index contributed by atoms with van der Waals surface area (Å²) in [5.41, 5.74) is 1.79. The molecule has 0 atom stereocenters. The zero-order valence-electron chi connectivity index (χ0n) is 14.7. The Morgan fingerprint density at radius 1 is 1.15 bits per heavy atom. The molecule has 0 aliphatic carbocycles. The number of hydrogen-bond acceptors (Lipinski definition) is 5. The van der Waals surface area contributed by atoms with E-state index in [0.717, 1.165) is 5.56 Å². The topological polar surface area (TPSA) is 69.2 Å². The summed E-state index contributed by atoms with van der Waals surface area (Å²) in [5, 5.41) is 7.27. The Morgan fingerprint density at radius 3 is 2.62 bits per heavy atom. The van der Waals surface area contributed by atoms with Crippen molar-refractivity contribution in [2.24, 2.45) is 5.16 Å². The van der Waals surface area contributed by atoms with Crippen molar-refractivity contribution in [2.45, 2.75) is 6.42 Å². The van der Waals surface area contributed by atoms with E-state index in [0.29, 0.717) is 35.1 Å². The van der Waals surface area contributed by atoms with Gasteiger partial charge in [0.25, 0.3) is 5.91 Å². The molecule has 0 aliphatic rings. The molecule has 6 nitrogen and oxygen atoms in total. The van der Waals surface area contributed by atoms with E-state index in [1.807, 2.05) is 30.3 Å². The third-order valence-corrected chi connectivity index (χ3v) is 3.80. The average molecular weight is 377 g/mol. The number of carbonyl (C=O) groups is 1. The van der Waals surface area contributed by atoms with Crippen LogP contribution < -0.4 is 14.8 Å². The molecule has 0 radical (unpaired) electrons. The van der Waals surface area contributed by atoms with Crippen molar-refractivity contribution < 1.29 is 19.1 Å². The van der Waals surface area contributed by atoms with E-state index < -0.39 is 0 Å². The van der Waals surface area contributed by atoms with Gasteiger partial charge in [0.2, 0.25) is 0 Å². The highest BCUT2D eigenvalue weighted by molar-refractivity contribution is 6.30. The van der Waals surface area contributed by atoms with E-state index in [1.165, 1.54) is 6.21 Å². The molecular formula is C19H21ClN2O4. The van der Waals surface area contributed by atoms with Crippen LogP contribution in [0.3, 0.4) is 0 Å². The number of amides is 1. The summed E-state index contributed by atoms with van der Waals surface area (Å²) in [4.78, 5) is 16.8. The van der Waals surface area contributed by atoms with Gasteiger partial charge in [-0.25, -0.2) is 0 Å². The van der Waals surface area contributed by atoms with E-state index in [4.69, 9.17) is 25.9 Å². The predicted molar refractivity (Wildman–Crippen MR) is 101 cm³/mol. The second kappa shape index (κ2) is 10.3. The summed E-state index contributed by atoms with van der Waals surface area (Å²) in [6, 6.07) is 12.9. The summed E-state index contributed by atoms with van der Waals surface area (Å²) < 4.78 is 10.5. The second-order valence-corrected chi connectivity index (χ2v) is 5.75. The quantitative estimate of drug-likeness (QED) is 0.539. The summed E-state index contributed by atoms with van der Waals surface area (Å²) >= 11 is 5.83. The van der Waals surface area contributed by atoms with Crippen LogP contribution in [0.25, 0.3) is 0 Å². The minimum atomic E-state index is -0.242. The van der Waals surface area contributed by atoms with E-state index in [9.17, 15) is 4.79 Å². The molecule has 1 amide bonds. The van der Waals surface area contributed by atoms with Crippen molar-refractivity contribution in [3.05, 3.63) is 58.6 Å². The first-order valence-corrected chi connectivity index (χ1v) is 8.39. The number of rotatable bonds is 9. The van der Waals surface area contributed by atoms with E-state index in [-0.39, 0.29) is 12.5 Å². The zero-order valence-corrected chi connectivity index (χ0v) is 15.5. The number of halogens is 1. The molecule has 7 heteroatoms. The smallest absolute Gasteiger partial charge is 0.260 e. The van der Waals surface area contributed by atoms with Crippen molar-refractivity contribution in [1.82, 2.24) is 5.32 Å². The number of ether oxygens (including phenoxy) is 2. The summed E-state index contributed by atoms with van der Waals surface area (Å²) in [6.45, 7) is 0.348. The Hall–Kier alpha value is -2.73. The predicted octanol–water partition coefficient (Wildman–Crippen LogP) is 3.07. The van der Waals surface area contributed by atoms with Crippen LogP contribution in [0, 0.1) is 0 Å². The molecule has 0 aliphatic heterocycles. The van der Waals surface area contributed by atoms with Gasteiger partial charge in [-0.3, -0.25) is 4.79 Å². The Morgan fingerprint density at radius 2 is 1.92 bits per heavy atom. The van der Waals surface area contributed by atoms with Crippen molar-refractivity contribution in [2.75, 3.05) is 27.4 Å². The molecule has 0 fully saturated rings. The fraction of sp³-hybridized carbons (Fsp3) is 0.263. The van der Waals surface area contributed by atoms with E-state index in [2.05, 4.69) is 10.5 Å². The maximum Gasteiger partial charge on any atom is 0.260 e.